The topological polar surface area (TPSA) is 84.7 Å². The van der Waals surface area contributed by atoms with E-state index in [9.17, 15) is 19.5 Å². The number of fused-ring (bicyclic) bond motifs is 2. The Balaban J connectivity index is 0.000000255. The molecule has 0 aliphatic carbocycles. The van der Waals surface area contributed by atoms with Crippen molar-refractivity contribution in [3.05, 3.63) is 88.7 Å². The van der Waals surface area contributed by atoms with Gasteiger partial charge in [-0.05, 0) is 96.2 Å². The van der Waals surface area contributed by atoms with E-state index in [2.05, 4.69) is 24.5 Å². The van der Waals surface area contributed by atoms with Crippen molar-refractivity contribution in [2.75, 3.05) is 0 Å². The summed E-state index contributed by atoms with van der Waals surface area (Å²) in [5.41, 5.74) is 10.1. The zero-order valence-electron chi connectivity index (χ0n) is 23.7. The number of pyridine rings is 2. The summed E-state index contributed by atoms with van der Waals surface area (Å²) in [4.78, 5) is 36.0. The summed E-state index contributed by atoms with van der Waals surface area (Å²) in [5.74, 6) is -1.19. The molecule has 3 aromatic heterocycles. The second kappa shape index (κ2) is 11.0. The van der Waals surface area contributed by atoms with Crippen LogP contribution in [0, 0.1) is 62.3 Å². The van der Waals surface area contributed by atoms with E-state index in [1.165, 1.54) is 15.5 Å². The van der Waals surface area contributed by atoms with Crippen LogP contribution in [0.15, 0.2) is 21.7 Å². The molecule has 0 spiro atoms. The van der Waals surface area contributed by atoms with Crippen molar-refractivity contribution in [2.24, 2.45) is 14.1 Å². The number of aromatic carboxylic acids is 1. The Hall–Kier alpha value is -2.64. The monoisotopic (exact) mass is 579 g/mol. The van der Waals surface area contributed by atoms with Crippen LogP contribution < -0.4 is 15.6 Å². The number of rotatable bonds is 1. The van der Waals surface area contributed by atoms with Gasteiger partial charge in [-0.1, -0.05) is 0 Å². The van der Waals surface area contributed by atoms with Gasteiger partial charge < -0.3 is 9.67 Å². The van der Waals surface area contributed by atoms with Crippen LogP contribution in [0.2, 0.25) is 0 Å². The molecule has 0 saturated carbocycles. The fourth-order valence-electron chi connectivity index (χ4n) is 4.74. The number of carboxylic acid groups (broad SMARTS) is 1. The van der Waals surface area contributed by atoms with E-state index in [-0.39, 0.29) is 43.7 Å². The van der Waals surface area contributed by atoms with Crippen LogP contribution >= 0.6 is 0 Å². The molecule has 0 aliphatic rings. The minimum atomic E-state index is -1.19. The SMILES string of the molecule is Cc1cc2c(c(C)c1C)c(=O)c(C)c(C)n2C.Cc1cc2n(c(C)c1C)c(=O)c(C(=O)O)c(C)[n+]2C.[Y]. The van der Waals surface area contributed by atoms with Crippen molar-refractivity contribution >= 4 is 22.5 Å². The third kappa shape index (κ3) is 4.96. The van der Waals surface area contributed by atoms with Gasteiger partial charge in [0.25, 0.3) is 5.65 Å². The zero-order valence-corrected chi connectivity index (χ0v) is 26.6. The van der Waals surface area contributed by atoms with Gasteiger partial charge in [0.05, 0.1) is 12.6 Å². The molecule has 0 fully saturated rings. The van der Waals surface area contributed by atoms with Gasteiger partial charge in [-0.15, -0.1) is 0 Å². The third-order valence-electron chi connectivity index (χ3n) is 8.00. The first-order valence-electron chi connectivity index (χ1n) is 12.0. The van der Waals surface area contributed by atoms with Crippen molar-refractivity contribution in [3.8, 4) is 0 Å². The van der Waals surface area contributed by atoms with Gasteiger partial charge in [-0.3, -0.25) is 4.79 Å². The van der Waals surface area contributed by atoms with Crippen molar-refractivity contribution in [3.63, 3.8) is 0 Å². The Morgan fingerprint density at radius 3 is 1.89 bits per heavy atom. The van der Waals surface area contributed by atoms with E-state index in [4.69, 9.17) is 0 Å². The predicted molar refractivity (Wildman–Crippen MR) is 144 cm³/mol. The second-order valence-corrected chi connectivity index (χ2v) is 9.80. The Morgan fingerprint density at radius 1 is 0.811 bits per heavy atom. The molecule has 0 atom stereocenters. The summed E-state index contributed by atoms with van der Waals surface area (Å²) < 4.78 is 5.33. The molecule has 0 aliphatic heterocycles. The number of carbonyl (C=O) groups is 1. The maximum absolute atomic E-state index is 12.4. The van der Waals surface area contributed by atoms with Crippen LogP contribution in [0.3, 0.4) is 0 Å². The van der Waals surface area contributed by atoms with E-state index < -0.39 is 11.5 Å². The van der Waals surface area contributed by atoms with Gasteiger partial charge in [0.1, 0.15) is 11.4 Å². The van der Waals surface area contributed by atoms with Gasteiger partial charge in [0.2, 0.25) is 0 Å². The Labute approximate surface area is 242 Å². The Morgan fingerprint density at radius 2 is 1.35 bits per heavy atom. The van der Waals surface area contributed by atoms with Crippen molar-refractivity contribution in [1.29, 1.82) is 0 Å². The zero-order chi connectivity index (χ0) is 27.4. The van der Waals surface area contributed by atoms with E-state index in [1.54, 1.807) is 18.5 Å². The fourth-order valence-corrected chi connectivity index (χ4v) is 4.74. The minimum Gasteiger partial charge on any atom is -0.477 e. The molecule has 193 valence electrons. The first-order chi connectivity index (χ1) is 16.6. The Kier molecular flexibility index (Phi) is 9.09. The molecule has 0 saturated heterocycles. The molecule has 0 unspecified atom stereocenters. The summed E-state index contributed by atoms with van der Waals surface area (Å²) in [6, 6.07) is 4.02. The molecule has 4 rings (SSSR count). The number of aryl methyl sites for hydroxylation is 6. The van der Waals surface area contributed by atoms with Gasteiger partial charge in [-0.25, -0.2) is 14.2 Å². The van der Waals surface area contributed by atoms with Crippen LogP contribution in [0.25, 0.3) is 16.6 Å². The molecule has 8 heteroatoms. The standard InChI is InChI=1S/C15H19NO.C14H16N2O3.Y/c1-8-7-13-14(10(3)9(8)2)15(17)11(4)12(5)16(13)6;1-7-6-11-15(5)10(4)12(14(18)19)13(17)16(11)9(3)8(7)2;/h7H,1-6H3;6H,1-5H3;/p+1. The van der Waals surface area contributed by atoms with E-state index >= 15 is 0 Å². The molecule has 37 heavy (non-hydrogen) atoms. The number of nitrogens with zero attached hydrogens (tertiary/aromatic N) is 3. The number of carboxylic acids is 1. The first kappa shape index (κ1) is 30.6. The van der Waals surface area contributed by atoms with Crippen LogP contribution in [0.4, 0.5) is 0 Å². The van der Waals surface area contributed by atoms with Crippen molar-refractivity contribution in [2.45, 2.75) is 62.3 Å². The second-order valence-electron chi connectivity index (χ2n) is 9.80. The predicted octanol–water partition coefficient (Wildman–Crippen LogP) is 4.13. The maximum Gasteiger partial charge on any atom is 0.357 e. The summed E-state index contributed by atoms with van der Waals surface area (Å²) >= 11 is 0. The number of benzene rings is 1. The average molecular weight is 580 g/mol. The normalized spacial score (nSPS) is 10.8. The van der Waals surface area contributed by atoms with Crippen LogP contribution in [0.1, 0.15) is 60.8 Å². The van der Waals surface area contributed by atoms with Crippen LogP contribution in [-0.4, -0.2) is 20.0 Å². The fraction of sp³-hybridized carbons (Fsp3) is 0.379. The van der Waals surface area contributed by atoms with Crippen molar-refractivity contribution in [1.82, 2.24) is 8.97 Å². The molecular weight excluding hydrogens is 543 g/mol. The summed E-state index contributed by atoms with van der Waals surface area (Å²) in [5, 5.41) is 10.1. The number of aromatic nitrogens is 3. The molecule has 4 aromatic rings. The van der Waals surface area contributed by atoms with Crippen molar-refractivity contribution < 1.29 is 47.2 Å². The molecule has 0 bridgehead atoms. The smallest absolute Gasteiger partial charge is 0.357 e. The molecule has 0 amide bonds. The van der Waals surface area contributed by atoms with Gasteiger partial charge in [0, 0.05) is 62.5 Å². The van der Waals surface area contributed by atoms with Gasteiger partial charge in [0.15, 0.2) is 11.0 Å². The molecule has 1 N–H and O–H groups in total. The minimum absolute atomic E-state index is 0. The average Bonchev–Trinajstić information content (AvgIpc) is 2.81. The summed E-state index contributed by atoms with van der Waals surface area (Å²) in [7, 11) is 3.79. The van der Waals surface area contributed by atoms with E-state index in [0.717, 1.165) is 44.5 Å². The van der Waals surface area contributed by atoms with E-state index in [0.29, 0.717) is 11.3 Å². The summed E-state index contributed by atoms with van der Waals surface area (Å²) in [6.45, 7) is 17.5. The maximum atomic E-state index is 12.4. The summed E-state index contributed by atoms with van der Waals surface area (Å²) in [6.07, 6.45) is 0. The number of hydrogen-bond acceptors (Lipinski definition) is 3. The van der Waals surface area contributed by atoms with Crippen LogP contribution in [0.5, 0.6) is 0 Å². The van der Waals surface area contributed by atoms with Gasteiger partial charge >= 0.3 is 11.5 Å². The molecule has 1 radical (unpaired) electrons. The number of hydrogen-bond donors (Lipinski definition) is 1. The largest absolute Gasteiger partial charge is 0.477 e. The van der Waals surface area contributed by atoms with Gasteiger partial charge in [-0.2, -0.15) is 4.40 Å². The molecule has 1 aromatic carbocycles. The molecule has 7 nitrogen and oxygen atoms in total. The molecule has 3 heterocycles. The Bertz CT molecular complexity index is 1710. The molecular formula is C29H36N3O4Y+. The quantitative estimate of drug-likeness (QED) is 0.344. The first-order valence-corrected chi connectivity index (χ1v) is 12.0. The third-order valence-corrected chi connectivity index (χ3v) is 8.00. The van der Waals surface area contributed by atoms with Crippen LogP contribution in [-0.2, 0) is 46.8 Å². The van der Waals surface area contributed by atoms with E-state index in [1.807, 2.05) is 54.7 Å².